The van der Waals surface area contributed by atoms with Crippen LogP contribution in [0.5, 0.6) is 0 Å². The van der Waals surface area contributed by atoms with Gasteiger partial charge in [0.25, 0.3) is 5.91 Å². The van der Waals surface area contributed by atoms with Crippen molar-refractivity contribution in [3.05, 3.63) is 113 Å². The van der Waals surface area contributed by atoms with Gasteiger partial charge in [0.1, 0.15) is 36.8 Å². The Morgan fingerprint density at radius 1 is 0.889 bits per heavy atom. The van der Waals surface area contributed by atoms with Gasteiger partial charge in [-0.1, -0.05) is 125 Å². The van der Waals surface area contributed by atoms with Gasteiger partial charge in [-0.05, 0) is 100 Å². The number of Topliss-reactive ketones (excluding diaryl/α,β-unsaturated/α-hetero) is 1. The van der Waals surface area contributed by atoms with Gasteiger partial charge in [0, 0.05) is 29.5 Å². The molecule has 0 aromatic heterocycles. The Kier molecular flexibility index (Phi) is 17.7. The molecule has 3 fully saturated rings. The molecule has 7 rings (SSSR count). The van der Waals surface area contributed by atoms with E-state index in [1.165, 1.54) is 13.8 Å². The highest BCUT2D eigenvalue weighted by atomic mass is 16.7. The Hall–Kier alpha value is -5.19. The Morgan fingerprint density at radius 2 is 1.53 bits per heavy atom. The second-order valence-electron chi connectivity index (χ2n) is 20.9. The maximum absolute atomic E-state index is 14.8. The number of cyclic esters (lactones) is 1. The molecule has 14 nitrogen and oxygen atoms in total. The molecule has 0 radical (unpaired) electrons. The maximum Gasteiger partial charge on any atom is 0.316 e. The van der Waals surface area contributed by atoms with E-state index in [1.807, 2.05) is 137 Å². The van der Waals surface area contributed by atoms with Gasteiger partial charge in [-0.3, -0.25) is 19.2 Å². The van der Waals surface area contributed by atoms with Gasteiger partial charge in [0.05, 0.1) is 37.1 Å². The van der Waals surface area contributed by atoms with E-state index in [1.54, 1.807) is 20.8 Å². The number of hydrogen-bond acceptors (Lipinski definition) is 13. The van der Waals surface area contributed by atoms with Crippen LogP contribution in [0.4, 0.5) is 0 Å². The number of likely N-dealkylation sites (N-methyl/N-ethyl adjacent to an activating group) is 1. The lowest BCUT2D eigenvalue weighted by Crippen LogP contribution is -2.60. The molecule has 1 amide bonds. The molecule has 388 valence electrons. The van der Waals surface area contributed by atoms with Crippen molar-refractivity contribution in [2.45, 2.75) is 141 Å². The molecule has 3 saturated heterocycles. The fourth-order valence-electron chi connectivity index (χ4n) is 11.3. The molecule has 3 heterocycles. The standard InChI is InChI=1S/C58H74N2O12/c1-11-47-58(8,66)54-36(4)50(59-48(61)29-49(62)67-33-45-43-26-17-15-24-41(43)42-25-16-18-27-44(42)45)34(2)30-57(7,69-32-40(31-68-54)23-19-22-39-20-13-12-14-21-39)53(37(5)51(63)38(6)55(65)71-47)72-56-52(64)46(60(9)10)28-35(3)70-56/h12-27,34-38,45-47,52-54,56,64,66H,11,28-33H2,1-10H3/b22-19+,40-23-,59-50?/t34?,35-,36?,37+,38-,46+,47+,52?,53?,54?,56+,57-,58-/m1/s1. The van der Waals surface area contributed by atoms with E-state index in [-0.39, 0.29) is 56.4 Å². The van der Waals surface area contributed by atoms with Crippen LogP contribution < -0.4 is 0 Å². The van der Waals surface area contributed by atoms with Gasteiger partial charge >= 0.3 is 11.9 Å². The molecule has 0 saturated carbocycles. The zero-order chi connectivity index (χ0) is 52.1. The number of ether oxygens (including phenoxy) is 6. The van der Waals surface area contributed by atoms with Gasteiger partial charge in [0.2, 0.25) is 0 Å². The van der Waals surface area contributed by atoms with Crippen LogP contribution in [-0.4, -0.2) is 132 Å². The summed E-state index contributed by atoms with van der Waals surface area (Å²) in [6, 6.07) is 25.4. The summed E-state index contributed by atoms with van der Waals surface area (Å²) in [5, 5.41) is 24.6. The van der Waals surface area contributed by atoms with Crippen LogP contribution in [-0.2, 0) is 47.6 Å². The third-order valence-corrected chi connectivity index (χ3v) is 15.2. The van der Waals surface area contributed by atoms with E-state index < -0.39 is 95.6 Å². The summed E-state index contributed by atoms with van der Waals surface area (Å²) in [6.45, 7) is 13.7. The van der Waals surface area contributed by atoms with E-state index >= 15 is 0 Å². The number of carbonyl (C=O) groups is 4. The summed E-state index contributed by atoms with van der Waals surface area (Å²) in [4.78, 5) is 63.5. The van der Waals surface area contributed by atoms with Gasteiger partial charge < -0.3 is 43.5 Å². The third kappa shape index (κ3) is 12.1. The topological polar surface area (TPSA) is 180 Å². The van der Waals surface area contributed by atoms with Crippen molar-refractivity contribution in [2.24, 2.45) is 28.7 Å². The number of benzene rings is 3. The van der Waals surface area contributed by atoms with Gasteiger partial charge in [-0.2, -0.15) is 0 Å². The summed E-state index contributed by atoms with van der Waals surface area (Å²) in [5.74, 6) is -6.95. The number of aliphatic hydroxyl groups excluding tert-OH is 1. The molecule has 14 heteroatoms. The van der Waals surface area contributed by atoms with Gasteiger partial charge in [-0.25, -0.2) is 4.99 Å². The average molecular weight is 991 g/mol. The molecule has 72 heavy (non-hydrogen) atoms. The smallest absolute Gasteiger partial charge is 0.316 e. The van der Waals surface area contributed by atoms with E-state index in [4.69, 9.17) is 33.4 Å². The number of aliphatic hydroxyl groups is 2. The number of nitrogens with zero attached hydrogens (tertiary/aromatic N) is 2. The Bertz CT molecular complexity index is 2460. The first kappa shape index (κ1) is 54.6. The normalized spacial score (nSPS) is 34.0. The summed E-state index contributed by atoms with van der Waals surface area (Å²) >= 11 is 0. The maximum atomic E-state index is 14.8. The van der Waals surface area contributed by atoms with Crippen molar-refractivity contribution in [2.75, 3.05) is 33.9 Å². The number of hydrogen-bond donors (Lipinski definition) is 2. The number of aliphatic imine (C=N–C) groups is 1. The molecule has 13 atom stereocenters. The molecule has 4 aliphatic rings. The first-order valence-electron chi connectivity index (χ1n) is 25.5. The van der Waals surface area contributed by atoms with Gasteiger partial charge in [-0.15, -0.1) is 0 Å². The monoisotopic (exact) mass is 991 g/mol. The molecule has 3 aliphatic heterocycles. The van der Waals surface area contributed by atoms with Crippen LogP contribution in [0.3, 0.4) is 0 Å². The lowest BCUT2D eigenvalue weighted by Gasteiger charge is -2.47. The minimum atomic E-state index is -1.92. The predicted molar refractivity (Wildman–Crippen MR) is 274 cm³/mol. The van der Waals surface area contributed by atoms with Crippen LogP contribution in [0.1, 0.15) is 104 Å². The van der Waals surface area contributed by atoms with E-state index in [0.717, 1.165) is 27.8 Å². The number of esters is 2. The lowest BCUT2D eigenvalue weighted by molar-refractivity contribution is -0.296. The second-order valence-corrected chi connectivity index (χ2v) is 20.9. The van der Waals surface area contributed by atoms with Crippen molar-refractivity contribution in [3.8, 4) is 11.1 Å². The highest BCUT2D eigenvalue weighted by Crippen LogP contribution is 2.45. The third-order valence-electron chi connectivity index (χ3n) is 15.2. The van der Waals surface area contributed by atoms with Crippen LogP contribution in [0, 0.1) is 23.7 Å². The first-order valence-corrected chi connectivity index (χ1v) is 25.5. The van der Waals surface area contributed by atoms with Crippen molar-refractivity contribution in [1.82, 2.24) is 4.90 Å². The Morgan fingerprint density at radius 3 is 2.17 bits per heavy atom. The van der Waals surface area contributed by atoms with E-state index in [2.05, 4.69) is 0 Å². The van der Waals surface area contributed by atoms with Crippen molar-refractivity contribution >= 4 is 35.4 Å². The highest BCUT2D eigenvalue weighted by Gasteiger charge is 2.53. The largest absolute Gasteiger partial charge is 0.464 e. The molecule has 2 N–H and O–H groups in total. The zero-order valence-electron chi connectivity index (χ0n) is 43.5. The second kappa shape index (κ2) is 23.3. The summed E-state index contributed by atoms with van der Waals surface area (Å²) in [7, 11) is 3.74. The molecule has 0 spiro atoms. The van der Waals surface area contributed by atoms with Crippen molar-refractivity contribution in [1.29, 1.82) is 0 Å². The van der Waals surface area contributed by atoms with Crippen LogP contribution in [0.25, 0.3) is 17.2 Å². The van der Waals surface area contributed by atoms with E-state index in [9.17, 15) is 29.4 Å². The fraction of sp³-hybridized carbons (Fsp3) is 0.534. The Balaban J connectivity index is 1.30. The van der Waals surface area contributed by atoms with Crippen LogP contribution in [0.15, 0.2) is 102 Å². The summed E-state index contributed by atoms with van der Waals surface area (Å²) in [6.07, 6.45) is -0.426. The SMILES string of the molecule is CC[C@@H]1OC(=O)[C@H](C)C(=O)[C@H](C)C(O[C@@H]2O[C@H](C)C[C@H](N(C)C)C2O)[C@@]2(C)CC(C)C(=NC(=O)CC(=O)OCC3c4ccccc4-c4ccccc43)C(C)C(OC/C(=C/C=C/c3ccccc3)CO2)[C@]1(C)O. The predicted octanol–water partition coefficient (Wildman–Crippen LogP) is 7.91. The average Bonchev–Trinajstić information content (AvgIpc) is 3.67. The molecular formula is C58H74N2O12. The lowest BCUT2D eigenvalue weighted by atomic mass is 9.73. The molecule has 2 bridgehead atoms. The quantitative estimate of drug-likeness (QED) is 0.148. The number of amides is 1. The van der Waals surface area contributed by atoms with Crippen LogP contribution >= 0.6 is 0 Å². The molecule has 5 unspecified atom stereocenters. The van der Waals surface area contributed by atoms with Gasteiger partial charge in [0.15, 0.2) is 12.1 Å². The molecular weight excluding hydrogens is 917 g/mol. The van der Waals surface area contributed by atoms with E-state index in [0.29, 0.717) is 12.0 Å². The number of rotatable bonds is 10. The van der Waals surface area contributed by atoms with Crippen LogP contribution in [0.2, 0.25) is 0 Å². The van der Waals surface area contributed by atoms with Crippen molar-refractivity contribution in [3.63, 3.8) is 0 Å². The van der Waals surface area contributed by atoms with Crippen molar-refractivity contribution < 1.29 is 57.8 Å². The number of ketones is 1. The minimum Gasteiger partial charge on any atom is -0.464 e. The molecule has 1 aliphatic carbocycles. The summed E-state index contributed by atoms with van der Waals surface area (Å²) in [5.41, 5.74) is 2.75. The number of fused-ring (bicyclic) bond motifs is 8. The fourth-order valence-corrected chi connectivity index (χ4v) is 11.3. The highest BCUT2D eigenvalue weighted by molar-refractivity contribution is 6.04. The minimum absolute atomic E-state index is 0.0237. The molecule has 3 aromatic rings. The summed E-state index contributed by atoms with van der Waals surface area (Å²) < 4.78 is 39.0. The number of carbonyl (C=O) groups excluding carboxylic acids is 4. The molecule has 3 aromatic carbocycles. The number of allylic oxidation sites excluding steroid dienone is 2. The Labute approximate surface area is 424 Å². The first-order chi connectivity index (χ1) is 34.2. The zero-order valence-corrected chi connectivity index (χ0v) is 43.5.